The van der Waals surface area contributed by atoms with Crippen molar-refractivity contribution >= 4 is 11.6 Å². The lowest BCUT2D eigenvalue weighted by atomic mass is 10.0. The maximum atomic E-state index is 12.6. The molecule has 3 N–H and O–H groups in total. The lowest BCUT2D eigenvalue weighted by Gasteiger charge is -2.35. The number of carbonyl (C=O) groups is 1. The molecule has 6 heteroatoms. The van der Waals surface area contributed by atoms with E-state index < -0.39 is 0 Å². The Hall–Kier alpha value is -1.66. The standard InChI is InChI=1S/C14H23N5O/c1-10-8-13(17-15)12(9-16-10)14(20)19(3)11-4-6-18(2)7-5-11/h8-9,11H,4-7,15H2,1-3H3,(H,16,17). The van der Waals surface area contributed by atoms with Gasteiger partial charge in [-0.1, -0.05) is 0 Å². The topological polar surface area (TPSA) is 74.5 Å². The van der Waals surface area contributed by atoms with Gasteiger partial charge in [0.15, 0.2) is 0 Å². The van der Waals surface area contributed by atoms with Crippen LogP contribution in [0.4, 0.5) is 5.69 Å². The maximum absolute atomic E-state index is 12.6. The number of pyridine rings is 1. The average molecular weight is 277 g/mol. The lowest BCUT2D eigenvalue weighted by molar-refractivity contribution is 0.0660. The molecule has 0 saturated carbocycles. The molecular formula is C14H23N5O. The molecule has 20 heavy (non-hydrogen) atoms. The number of carbonyl (C=O) groups excluding carboxylic acids is 1. The number of piperidine rings is 1. The predicted molar refractivity (Wildman–Crippen MR) is 79.4 cm³/mol. The second-order valence-corrected chi connectivity index (χ2v) is 5.47. The molecule has 2 rings (SSSR count). The number of hydrazine groups is 1. The van der Waals surface area contributed by atoms with E-state index in [0.717, 1.165) is 31.6 Å². The number of hydrogen-bond acceptors (Lipinski definition) is 5. The van der Waals surface area contributed by atoms with Crippen LogP contribution in [0.25, 0.3) is 0 Å². The molecule has 1 aromatic heterocycles. The van der Waals surface area contributed by atoms with Gasteiger partial charge in [-0.05, 0) is 46.0 Å². The van der Waals surface area contributed by atoms with E-state index in [2.05, 4.69) is 22.4 Å². The number of hydrogen-bond donors (Lipinski definition) is 2. The molecule has 1 amide bonds. The van der Waals surface area contributed by atoms with Gasteiger partial charge in [0.2, 0.25) is 0 Å². The second kappa shape index (κ2) is 6.19. The molecule has 1 aliphatic rings. The fraction of sp³-hybridized carbons (Fsp3) is 0.571. The molecule has 110 valence electrons. The van der Waals surface area contributed by atoms with E-state index in [1.165, 1.54) is 0 Å². The fourth-order valence-corrected chi connectivity index (χ4v) is 2.59. The summed E-state index contributed by atoms with van der Waals surface area (Å²) < 4.78 is 0. The fourth-order valence-electron chi connectivity index (χ4n) is 2.59. The summed E-state index contributed by atoms with van der Waals surface area (Å²) in [6, 6.07) is 2.07. The third-order valence-electron chi connectivity index (χ3n) is 3.98. The quantitative estimate of drug-likeness (QED) is 0.632. The van der Waals surface area contributed by atoms with Gasteiger partial charge in [-0.3, -0.25) is 15.6 Å². The van der Waals surface area contributed by atoms with Gasteiger partial charge in [-0.2, -0.15) is 0 Å². The summed E-state index contributed by atoms with van der Waals surface area (Å²) in [6.07, 6.45) is 3.60. The van der Waals surface area contributed by atoms with E-state index in [-0.39, 0.29) is 11.9 Å². The number of aromatic nitrogens is 1. The number of likely N-dealkylation sites (tertiary alicyclic amines) is 1. The lowest BCUT2D eigenvalue weighted by Crippen LogP contribution is -2.44. The van der Waals surface area contributed by atoms with Crippen molar-refractivity contribution in [2.24, 2.45) is 5.84 Å². The van der Waals surface area contributed by atoms with Gasteiger partial charge >= 0.3 is 0 Å². The van der Waals surface area contributed by atoms with Crippen LogP contribution in [0.2, 0.25) is 0 Å². The highest BCUT2D eigenvalue weighted by atomic mass is 16.2. The first kappa shape index (κ1) is 14.7. The molecule has 0 radical (unpaired) electrons. The molecule has 1 saturated heterocycles. The molecule has 0 unspecified atom stereocenters. The van der Waals surface area contributed by atoms with E-state index in [4.69, 9.17) is 5.84 Å². The molecule has 6 nitrogen and oxygen atoms in total. The molecule has 1 aromatic rings. The van der Waals surface area contributed by atoms with Gasteiger partial charge in [0.25, 0.3) is 5.91 Å². The maximum Gasteiger partial charge on any atom is 0.257 e. The van der Waals surface area contributed by atoms with Crippen molar-refractivity contribution < 1.29 is 4.79 Å². The SMILES string of the molecule is Cc1cc(NN)c(C(=O)N(C)C2CCN(C)CC2)cn1. The van der Waals surface area contributed by atoms with Gasteiger partial charge < -0.3 is 15.2 Å². The first-order valence-corrected chi connectivity index (χ1v) is 6.92. The number of rotatable bonds is 3. The Kier molecular flexibility index (Phi) is 4.57. The van der Waals surface area contributed by atoms with E-state index in [1.807, 2.05) is 18.9 Å². The van der Waals surface area contributed by atoms with Crippen LogP contribution in [0.5, 0.6) is 0 Å². The summed E-state index contributed by atoms with van der Waals surface area (Å²) in [7, 11) is 3.97. The first-order chi connectivity index (χ1) is 9.52. The van der Waals surface area contributed by atoms with Crippen LogP contribution in [0, 0.1) is 6.92 Å². The number of amides is 1. The van der Waals surface area contributed by atoms with Gasteiger partial charge in [-0.15, -0.1) is 0 Å². The van der Waals surface area contributed by atoms with Gasteiger partial charge in [0, 0.05) is 25.0 Å². The van der Waals surface area contributed by atoms with Crippen LogP contribution < -0.4 is 11.3 Å². The zero-order valence-corrected chi connectivity index (χ0v) is 12.4. The Morgan fingerprint density at radius 2 is 2.15 bits per heavy atom. The van der Waals surface area contributed by atoms with E-state index >= 15 is 0 Å². The summed E-state index contributed by atoms with van der Waals surface area (Å²) in [5.74, 6) is 5.47. The summed E-state index contributed by atoms with van der Waals surface area (Å²) in [4.78, 5) is 20.9. The van der Waals surface area contributed by atoms with E-state index in [0.29, 0.717) is 11.3 Å². The molecule has 1 aliphatic heterocycles. The van der Waals surface area contributed by atoms with Crippen molar-refractivity contribution in [3.63, 3.8) is 0 Å². The van der Waals surface area contributed by atoms with Crippen molar-refractivity contribution in [3.8, 4) is 0 Å². The summed E-state index contributed by atoms with van der Waals surface area (Å²) in [6.45, 7) is 3.92. The molecule has 0 atom stereocenters. The number of nitrogen functional groups attached to an aromatic ring is 1. The number of nitrogens with two attached hydrogens (primary N) is 1. The molecule has 0 spiro atoms. The smallest absolute Gasteiger partial charge is 0.257 e. The van der Waals surface area contributed by atoms with Crippen LogP contribution in [0.3, 0.4) is 0 Å². The minimum atomic E-state index is -0.0278. The monoisotopic (exact) mass is 277 g/mol. The third-order valence-corrected chi connectivity index (χ3v) is 3.98. The summed E-state index contributed by atoms with van der Waals surface area (Å²) in [5.41, 5.74) is 4.57. The number of nitrogens with zero attached hydrogens (tertiary/aromatic N) is 3. The first-order valence-electron chi connectivity index (χ1n) is 6.92. The molecule has 0 aromatic carbocycles. The largest absolute Gasteiger partial charge is 0.339 e. The molecule has 2 heterocycles. The Labute approximate surface area is 119 Å². The van der Waals surface area contributed by atoms with Crippen molar-refractivity contribution in [1.29, 1.82) is 0 Å². The highest BCUT2D eigenvalue weighted by Crippen LogP contribution is 2.20. The molecular weight excluding hydrogens is 254 g/mol. The normalized spacial score (nSPS) is 17.0. The third kappa shape index (κ3) is 3.08. The Bertz CT molecular complexity index is 482. The number of nitrogens with one attached hydrogen (secondary N) is 1. The highest BCUT2D eigenvalue weighted by molar-refractivity contribution is 5.99. The summed E-state index contributed by atoms with van der Waals surface area (Å²) >= 11 is 0. The number of anilines is 1. The minimum absolute atomic E-state index is 0.0278. The van der Waals surface area contributed by atoms with E-state index in [9.17, 15) is 4.79 Å². The van der Waals surface area contributed by atoms with Crippen LogP contribution in [-0.2, 0) is 0 Å². The molecule has 0 bridgehead atoms. The van der Waals surface area contributed by atoms with Crippen molar-refractivity contribution in [2.45, 2.75) is 25.8 Å². The Morgan fingerprint density at radius 3 is 2.75 bits per heavy atom. The minimum Gasteiger partial charge on any atom is -0.339 e. The van der Waals surface area contributed by atoms with E-state index in [1.54, 1.807) is 12.3 Å². The van der Waals surface area contributed by atoms with Gasteiger partial charge in [-0.25, -0.2) is 0 Å². The molecule has 1 fully saturated rings. The number of aryl methyl sites for hydroxylation is 1. The van der Waals surface area contributed by atoms with Gasteiger partial charge in [0.1, 0.15) is 0 Å². The Morgan fingerprint density at radius 1 is 1.50 bits per heavy atom. The Balaban J connectivity index is 2.14. The van der Waals surface area contributed by atoms with Crippen molar-refractivity contribution in [3.05, 3.63) is 23.5 Å². The zero-order valence-electron chi connectivity index (χ0n) is 12.4. The van der Waals surface area contributed by atoms with Gasteiger partial charge in [0.05, 0.1) is 11.3 Å². The van der Waals surface area contributed by atoms with Crippen molar-refractivity contribution in [2.75, 3.05) is 32.6 Å². The molecule has 0 aliphatic carbocycles. The van der Waals surface area contributed by atoms with Crippen LogP contribution in [0.15, 0.2) is 12.3 Å². The highest BCUT2D eigenvalue weighted by Gasteiger charge is 2.26. The zero-order chi connectivity index (χ0) is 14.7. The van der Waals surface area contributed by atoms with Crippen LogP contribution in [0.1, 0.15) is 28.9 Å². The van der Waals surface area contributed by atoms with Crippen LogP contribution in [-0.4, -0.2) is 53.9 Å². The average Bonchev–Trinajstić information content (AvgIpc) is 2.46. The second-order valence-electron chi connectivity index (χ2n) is 5.47. The predicted octanol–water partition coefficient (Wildman–Crippen LogP) is 0.842. The summed E-state index contributed by atoms with van der Waals surface area (Å²) in [5, 5.41) is 0. The van der Waals surface area contributed by atoms with Crippen LogP contribution >= 0.6 is 0 Å². The van der Waals surface area contributed by atoms with Crippen molar-refractivity contribution in [1.82, 2.24) is 14.8 Å².